The van der Waals surface area contributed by atoms with Crippen LogP contribution in [0.15, 0.2) is 18.2 Å². The van der Waals surface area contributed by atoms with Crippen LogP contribution in [0.5, 0.6) is 0 Å². The largest absolute Gasteiger partial charge is 0.465 e. The molecule has 0 unspecified atom stereocenters. The predicted molar refractivity (Wildman–Crippen MR) is 83.4 cm³/mol. The van der Waals surface area contributed by atoms with Crippen LogP contribution in [0, 0.1) is 10.1 Å². The highest BCUT2D eigenvalue weighted by Crippen LogP contribution is 2.30. The third-order valence-electron chi connectivity index (χ3n) is 3.57. The summed E-state index contributed by atoms with van der Waals surface area (Å²) in [6.07, 6.45) is 0. The van der Waals surface area contributed by atoms with Crippen molar-refractivity contribution < 1.29 is 14.5 Å². The molecule has 1 saturated heterocycles. The third kappa shape index (κ3) is 4.32. The fraction of sp³-hybridized carbons (Fsp3) is 0.500. The van der Waals surface area contributed by atoms with Crippen LogP contribution in [0.2, 0.25) is 5.02 Å². The molecule has 1 fully saturated rings. The molecule has 120 valence electrons. The Morgan fingerprint density at radius 3 is 2.59 bits per heavy atom. The number of anilines is 1. The van der Waals surface area contributed by atoms with Crippen molar-refractivity contribution in [2.24, 2.45) is 0 Å². The van der Waals surface area contributed by atoms with Gasteiger partial charge >= 0.3 is 5.97 Å². The van der Waals surface area contributed by atoms with Gasteiger partial charge in [0.1, 0.15) is 6.61 Å². The standard InChI is InChI=1S/C14H18ClN3O4/c1-11(19)22-9-8-16-4-6-17(7-5-16)14-3-2-12(18(20)21)10-13(14)15/h2-3,10H,4-9H2,1H3. The van der Waals surface area contributed by atoms with Crippen molar-refractivity contribution in [1.29, 1.82) is 0 Å². The average molecular weight is 328 g/mol. The van der Waals surface area contributed by atoms with Crippen LogP contribution in [-0.4, -0.2) is 55.1 Å². The summed E-state index contributed by atoms with van der Waals surface area (Å²) in [5, 5.41) is 11.1. The van der Waals surface area contributed by atoms with Gasteiger partial charge in [-0.15, -0.1) is 0 Å². The summed E-state index contributed by atoms with van der Waals surface area (Å²) in [7, 11) is 0. The molecule has 22 heavy (non-hydrogen) atoms. The molecule has 1 aliphatic rings. The minimum Gasteiger partial charge on any atom is -0.465 e. The van der Waals surface area contributed by atoms with E-state index in [0.717, 1.165) is 31.9 Å². The molecule has 0 saturated carbocycles. The summed E-state index contributed by atoms with van der Waals surface area (Å²) < 4.78 is 4.93. The predicted octanol–water partition coefficient (Wildman–Crippen LogP) is 1.93. The van der Waals surface area contributed by atoms with Crippen molar-refractivity contribution >= 4 is 28.9 Å². The molecule has 0 spiro atoms. The maximum atomic E-state index is 10.7. The van der Waals surface area contributed by atoms with Gasteiger partial charge in [0.15, 0.2) is 0 Å². The number of carbonyl (C=O) groups excluding carboxylic acids is 1. The van der Waals surface area contributed by atoms with Gasteiger partial charge in [-0.1, -0.05) is 11.6 Å². The first-order valence-electron chi connectivity index (χ1n) is 7.02. The van der Waals surface area contributed by atoms with E-state index in [0.29, 0.717) is 18.2 Å². The van der Waals surface area contributed by atoms with Gasteiger partial charge in [-0.2, -0.15) is 0 Å². The number of nitro benzene ring substituents is 1. The van der Waals surface area contributed by atoms with Gasteiger partial charge in [0, 0.05) is 51.8 Å². The Hall–Kier alpha value is -1.86. The Balaban J connectivity index is 1.89. The second-order valence-corrected chi connectivity index (χ2v) is 5.47. The molecule has 0 N–H and O–H groups in total. The highest BCUT2D eigenvalue weighted by molar-refractivity contribution is 6.33. The van der Waals surface area contributed by atoms with E-state index in [1.165, 1.54) is 19.1 Å². The first kappa shape index (κ1) is 16.5. The van der Waals surface area contributed by atoms with Crippen molar-refractivity contribution in [3.05, 3.63) is 33.3 Å². The maximum Gasteiger partial charge on any atom is 0.302 e. The molecule has 1 heterocycles. The fourth-order valence-corrected chi connectivity index (χ4v) is 2.69. The van der Waals surface area contributed by atoms with Gasteiger partial charge < -0.3 is 9.64 Å². The SMILES string of the molecule is CC(=O)OCCN1CCN(c2ccc([N+](=O)[O-])cc2Cl)CC1. The van der Waals surface area contributed by atoms with E-state index in [1.807, 2.05) is 0 Å². The lowest BCUT2D eigenvalue weighted by Crippen LogP contribution is -2.47. The van der Waals surface area contributed by atoms with Crippen molar-refractivity contribution in [2.45, 2.75) is 6.92 Å². The van der Waals surface area contributed by atoms with Gasteiger partial charge in [-0.25, -0.2) is 0 Å². The van der Waals surface area contributed by atoms with Crippen LogP contribution in [0.25, 0.3) is 0 Å². The molecule has 0 atom stereocenters. The number of halogens is 1. The smallest absolute Gasteiger partial charge is 0.302 e. The Kier molecular flexibility index (Phi) is 5.57. The number of hydrogen-bond acceptors (Lipinski definition) is 6. The van der Waals surface area contributed by atoms with Crippen molar-refractivity contribution in [1.82, 2.24) is 4.90 Å². The summed E-state index contributed by atoms with van der Waals surface area (Å²) >= 11 is 6.14. The van der Waals surface area contributed by atoms with Crippen LogP contribution >= 0.6 is 11.6 Å². The molecule has 1 aromatic carbocycles. The second kappa shape index (κ2) is 7.42. The van der Waals surface area contributed by atoms with Gasteiger partial charge in [0.05, 0.1) is 15.6 Å². The summed E-state index contributed by atoms with van der Waals surface area (Å²) in [5.74, 6) is -0.267. The van der Waals surface area contributed by atoms with Crippen LogP contribution in [0.4, 0.5) is 11.4 Å². The summed E-state index contributed by atoms with van der Waals surface area (Å²) in [6.45, 7) is 5.71. The monoisotopic (exact) mass is 327 g/mol. The van der Waals surface area contributed by atoms with E-state index < -0.39 is 4.92 Å². The summed E-state index contributed by atoms with van der Waals surface area (Å²) in [5.41, 5.74) is 0.806. The van der Waals surface area contributed by atoms with Crippen molar-refractivity contribution in [3.8, 4) is 0 Å². The summed E-state index contributed by atoms with van der Waals surface area (Å²) in [4.78, 5) is 25.3. The van der Waals surface area contributed by atoms with Gasteiger partial charge in [-0.05, 0) is 6.07 Å². The summed E-state index contributed by atoms with van der Waals surface area (Å²) in [6, 6.07) is 4.53. The zero-order chi connectivity index (χ0) is 16.1. The first-order chi connectivity index (χ1) is 10.5. The van der Waals surface area contributed by atoms with E-state index in [9.17, 15) is 14.9 Å². The minimum absolute atomic E-state index is 0.00577. The van der Waals surface area contributed by atoms with Crippen LogP contribution in [0.3, 0.4) is 0 Å². The van der Waals surface area contributed by atoms with Gasteiger partial charge in [0.25, 0.3) is 5.69 Å². The van der Waals surface area contributed by atoms with Crippen molar-refractivity contribution in [3.63, 3.8) is 0 Å². The average Bonchev–Trinajstić information content (AvgIpc) is 2.47. The number of piperazine rings is 1. The quantitative estimate of drug-likeness (QED) is 0.467. The molecule has 1 aromatic rings. The highest BCUT2D eigenvalue weighted by Gasteiger charge is 2.20. The number of benzene rings is 1. The number of esters is 1. The first-order valence-corrected chi connectivity index (χ1v) is 7.40. The minimum atomic E-state index is -0.456. The third-order valence-corrected chi connectivity index (χ3v) is 3.87. The Bertz CT molecular complexity index is 559. The highest BCUT2D eigenvalue weighted by atomic mass is 35.5. The lowest BCUT2D eigenvalue weighted by atomic mass is 10.2. The van der Waals surface area contributed by atoms with E-state index in [-0.39, 0.29) is 11.7 Å². The second-order valence-electron chi connectivity index (χ2n) is 5.06. The molecular weight excluding hydrogens is 310 g/mol. The van der Waals surface area contributed by atoms with E-state index in [1.54, 1.807) is 6.07 Å². The van der Waals surface area contributed by atoms with E-state index in [2.05, 4.69) is 9.80 Å². The molecule has 0 aromatic heterocycles. The molecule has 2 rings (SSSR count). The molecule has 0 aliphatic carbocycles. The number of nitrogens with zero attached hydrogens (tertiary/aromatic N) is 3. The van der Waals surface area contributed by atoms with Gasteiger partial charge in [0.2, 0.25) is 0 Å². The molecule has 0 radical (unpaired) electrons. The number of nitro groups is 1. The zero-order valence-corrected chi connectivity index (χ0v) is 13.1. The topological polar surface area (TPSA) is 75.9 Å². The van der Waals surface area contributed by atoms with Gasteiger partial charge in [-0.3, -0.25) is 19.8 Å². The molecule has 7 nitrogen and oxygen atoms in total. The number of hydrogen-bond donors (Lipinski definition) is 0. The number of carbonyl (C=O) groups is 1. The van der Waals surface area contributed by atoms with Crippen LogP contribution < -0.4 is 4.90 Å². The van der Waals surface area contributed by atoms with Crippen LogP contribution in [-0.2, 0) is 9.53 Å². The fourth-order valence-electron chi connectivity index (χ4n) is 2.40. The lowest BCUT2D eigenvalue weighted by molar-refractivity contribution is -0.384. The molecule has 8 heteroatoms. The number of non-ortho nitro benzene ring substituents is 1. The normalized spacial score (nSPS) is 15.6. The van der Waals surface area contributed by atoms with E-state index >= 15 is 0 Å². The van der Waals surface area contributed by atoms with Crippen LogP contribution in [0.1, 0.15) is 6.92 Å². The number of rotatable bonds is 5. The molecule has 0 bridgehead atoms. The molecule has 1 aliphatic heterocycles. The Morgan fingerprint density at radius 1 is 1.36 bits per heavy atom. The van der Waals surface area contributed by atoms with Crippen molar-refractivity contribution in [2.75, 3.05) is 44.2 Å². The van der Waals surface area contributed by atoms with E-state index in [4.69, 9.17) is 16.3 Å². The maximum absolute atomic E-state index is 10.7. The molecule has 0 amide bonds. The number of ether oxygens (including phenoxy) is 1. The molecular formula is C14H18ClN3O4. The Labute approximate surface area is 133 Å². The lowest BCUT2D eigenvalue weighted by Gasteiger charge is -2.36. The Morgan fingerprint density at radius 2 is 2.05 bits per heavy atom. The zero-order valence-electron chi connectivity index (χ0n) is 12.3.